The van der Waals surface area contributed by atoms with Gasteiger partial charge in [-0.05, 0) is 68.8 Å². The average Bonchev–Trinajstić information content (AvgIpc) is 3.09. The molecule has 0 spiro atoms. The number of carbonyl (C=O) groups excluding carboxylic acids is 1. The standard InChI is InChI=1S/C20H22ClN5O/c1-13(2)23-20(27)15-4-9-19(14(3)10-15)22-11-17-12-26(25-24-17)18-7-5-16(21)6-8-18/h4-10,12-13,22H,11H2,1-3H3,(H,23,27). The maximum atomic E-state index is 12.1. The van der Waals surface area contributed by atoms with Gasteiger partial charge in [0.25, 0.3) is 5.91 Å². The molecule has 0 aliphatic rings. The first-order valence-corrected chi connectivity index (χ1v) is 9.13. The maximum Gasteiger partial charge on any atom is 0.251 e. The lowest BCUT2D eigenvalue weighted by atomic mass is 10.1. The Bertz CT molecular complexity index is 934. The minimum atomic E-state index is -0.0643. The van der Waals surface area contributed by atoms with Crippen LogP contribution in [-0.4, -0.2) is 26.9 Å². The topological polar surface area (TPSA) is 71.8 Å². The summed E-state index contributed by atoms with van der Waals surface area (Å²) in [4.78, 5) is 12.1. The smallest absolute Gasteiger partial charge is 0.251 e. The van der Waals surface area contributed by atoms with E-state index in [1.807, 2.05) is 69.4 Å². The fourth-order valence-corrected chi connectivity index (χ4v) is 2.76. The zero-order valence-electron chi connectivity index (χ0n) is 15.5. The van der Waals surface area contributed by atoms with Gasteiger partial charge in [0.15, 0.2) is 0 Å². The third-order valence-electron chi connectivity index (χ3n) is 4.00. The molecule has 3 aromatic rings. The fourth-order valence-electron chi connectivity index (χ4n) is 2.63. The van der Waals surface area contributed by atoms with Crippen LogP contribution in [0.3, 0.4) is 0 Å². The summed E-state index contributed by atoms with van der Waals surface area (Å²) in [5, 5.41) is 15.3. The lowest BCUT2D eigenvalue weighted by Crippen LogP contribution is -2.30. The third-order valence-corrected chi connectivity index (χ3v) is 4.25. The number of hydrogen-bond donors (Lipinski definition) is 2. The van der Waals surface area contributed by atoms with Gasteiger partial charge in [0.2, 0.25) is 0 Å². The number of anilines is 1. The van der Waals surface area contributed by atoms with E-state index in [2.05, 4.69) is 20.9 Å². The number of benzene rings is 2. The van der Waals surface area contributed by atoms with E-state index in [0.717, 1.165) is 22.6 Å². The molecule has 7 heteroatoms. The SMILES string of the molecule is Cc1cc(C(=O)NC(C)C)ccc1NCc1cn(-c2ccc(Cl)cc2)nn1. The highest BCUT2D eigenvalue weighted by atomic mass is 35.5. The third kappa shape index (κ3) is 4.86. The van der Waals surface area contributed by atoms with Crippen molar-refractivity contribution in [1.82, 2.24) is 20.3 Å². The Balaban J connectivity index is 1.65. The Morgan fingerprint density at radius 1 is 1.19 bits per heavy atom. The van der Waals surface area contributed by atoms with E-state index in [1.54, 1.807) is 4.68 Å². The van der Waals surface area contributed by atoms with Gasteiger partial charge in [-0.3, -0.25) is 4.79 Å². The quantitative estimate of drug-likeness (QED) is 0.675. The largest absolute Gasteiger partial charge is 0.379 e. The maximum absolute atomic E-state index is 12.1. The van der Waals surface area contributed by atoms with Crippen molar-refractivity contribution in [3.63, 3.8) is 0 Å². The van der Waals surface area contributed by atoms with Crippen LogP contribution in [0.4, 0.5) is 5.69 Å². The molecular formula is C20H22ClN5O. The Kier molecular flexibility index (Phi) is 5.76. The first-order valence-electron chi connectivity index (χ1n) is 8.75. The van der Waals surface area contributed by atoms with Crippen LogP contribution in [0.5, 0.6) is 0 Å². The molecule has 0 radical (unpaired) electrons. The Morgan fingerprint density at radius 2 is 1.93 bits per heavy atom. The van der Waals surface area contributed by atoms with Crippen molar-refractivity contribution in [2.45, 2.75) is 33.4 Å². The Morgan fingerprint density at radius 3 is 2.59 bits per heavy atom. The van der Waals surface area contributed by atoms with E-state index in [0.29, 0.717) is 17.1 Å². The molecule has 0 aliphatic heterocycles. The van der Waals surface area contributed by atoms with Gasteiger partial charge in [-0.2, -0.15) is 0 Å². The molecule has 3 rings (SSSR count). The summed E-state index contributed by atoms with van der Waals surface area (Å²) in [6.45, 7) is 6.39. The molecule has 6 nitrogen and oxygen atoms in total. The molecule has 0 fully saturated rings. The predicted octanol–water partition coefficient (Wildman–Crippen LogP) is 3.98. The van der Waals surface area contributed by atoms with Crippen molar-refractivity contribution in [1.29, 1.82) is 0 Å². The molecule has 1 amide bonds. The number of halogens is 1. The predicted molar refractivity (Wildman–Crippen MR) is 107 cm³/mol. The van der Waals surface area contributed by atoms with E-state index >= 15 is 0 Å². The highest BCUT2D eigenvalue weighted by molar-refractivity contribution is 6.30. The molecule has 0 bridgehead atoms. The molecule has 2 N–H and O–H groups in total. The van der Waals surface area contributed by atoms with E-state index in [4.69, 9.17) is 11.6 Å². The van der Waals surface area contributed by atoms with Gasteiger partial charge >= 0.3 is 0 Å². The van der Waals surface area contributed by atoms with Crippen molar-refractivity contribution >= 4 is 23.2 Å². The highest BCUT2D eigenvalue weighted by Crippen LogP contribution is 2.18. The molecule has 0 saturated carbocycles. The summed E-state index contributed by atoms with van der Waals surface area (Å²) < 4.78 is 1.71. The second kappa shape index (κ2) is 8.22. The zero-order valence-corrected chi connectivity index (χ0v) is 16.3. The monoisotopic (exact) mass is 383 g/mol. The molecule has 27 heavy (non-hydrogen) atoms. The molecule has 2 aromatic carbocycles. The second-order valence-corrected chi connectivity index (χ2v) is 7.08. The summed E-state index contributed by atoms with van der Waals surface area (Å²) >= 11 is 5.91. The number of rotatable bonds is 6. The molecule has 1 aromatic heterocycles. The van der Waals surface area contributed by atoms with Gasteiger partial charge in [0.05, 0.1) is 18.4 Å². The van der Waals surface area contributed by atoms with Crippen molar-refractivity contribution < 1.29 is 4.79 Å². The van der Waals surface area contributed by atoms with Crippen molar-refractivity contribution in [3.05, 3.63) is 70.5 Å². The van der Waals surface area contributed by atoms with Gasteiger partial charge in [0.1, 0.15) is 5.69 Å². The number of carbonyl (C=O) groups is 1. The summed E-state index contributed by atoms with van der Waals surface area (Å²) in [5.74, 6) is -0.0643. The minimum Gasteiger partial charge on any atom is -0.379 e. The summed E-state index contributed by atoms with van der Waals surface area (Å²) in [6, 6.07) is 13.1. The van der Waals surface area contributed by atoms with Crippen LogP contribution in [0.15, 0.2) is 48.7 Å². The van der Waals surface area contributed by atoms with Crippen LogP contribution in [0, 0.1) is 6.92 Å². The van der Waals surface area contributed by atoms with Gasteiger partial charge in [-0.25, -0.2) is 4.68 Å². The number of amides is 1. The van der Waals surface area contributed by atoms with Crippen molar-refractivity contribution in [2.24, 2.45) is 0 Å². The number of nitrogens with one attached hydrogen (secondary N) is 2. The Labute approximate surface area is 163 Å². The second-order valence-electron chi connectivity index (χ2n) is 6.64. The van der Waals surface area contributed by atoms with Crippen LogP contribution in [-0.2, 0) is 6.54 Å². The number of hydrogen-bond acceptors (Lipinski definition) is 4. The zero-order chi connectivity index (χ0) is 19.4. The van der Waals surface area contributed by atoms with E-state index < -0.39 is 0 Å². The molecule has 0 saturated heterocycles. The normalized spacial score (nSPS) is 10.9. The first-order chi connectivity index (χ1) is 12.9. The fraction of sp³-hybridized carbons (Fsp3) is 0.250. The highest BCUT2D eigenvalue weighted by Gasteiger charge is 2.09. The van der Waals surface area contributed by atoms with Gasteiger partial charge in [-0.15, -0.1) is 5.10 Å². The minimum absolute atomic E-state index is 0.0643. The molecule has 140 valence electrons. The number of nitrogens with zero attached hydrogens (tertiary/aromatic N) is 3. The van der Waals surface area contributed by atoms with Crippen LogP contribution in [0.1, 0.15) is 35.5 Å². The number of aromatic nitrogens is 3. The Hall–Kier alpha value is -2.86. The molecule has 1 heterocycles. The first kappa shape index (κ1) is 18.9. The van der Waals surface area contributed by atoms with Gasteiger partial charge < -0.3 is 10.6 Å². The van der Waals surface area contributed by atoms with E-state index in [9.17, 15) is 4.79 Å². The van der Waals surface area contributed by atoms with Crippen molar-refractivity contribution in [2.75, 3.05) is 5.32 Å². The lowest BCUT2D eigenvalue weighted by Gasteiger charge is -2.12. The van der Waals surface area contributed by atoms with Crippen LogP contribution < -0.4 is 10.6 Å². The van der Waals surface area contributed by atoms with Gasteiger partial charge in [-0.1, -0.05) is 16.8 Å². The summed E-state index contributed by atoms with van der Waals surface area (Å²) in [5.41, 5.74) is 4.31. The molecule has 0 atom stereocenters. The average molecular weight is 384 g/mol. The number of aryl methyl sites for hydroxylation is 1. The van der Waals surface area contributed by atoms with E-state index in [1.165, 1.54) is 0 Å². The van der Waals surface area contributed by atoms with Crippen LogP contribution in [0.2, 0.25) is 5.02 Å². The molecule has 0 aliphatic carbocycles. The summed E-state index contributed by atoms with van der Waals surface area (Å²) in [6.07, 6.45) is 1.87. The van der Waals surface area contributed by atoms with Gasteiger partial charge in [0, 0.05) is 22.3 Å². The van der Waals surface area contributed by atoms with Crippen LogP contribution in [0.25, 0.3) is 5.69 Å². The van der Waals surface area contributed by atoms with Crippen molar-refractivity contribution in [3.8, 4) is 5.69 Å². The lowest BCUT2D eigenvalue weighted by molar-refractivity contribution is 0.0943. The summed E-state index contributed by atoms with van der Waals surface area (Å²) in [7, 11) is 0. The van der Waals surface area contributed by atoms with E-state index in [-0.39, 0.29) is 11.9 Å². The van der Waals surface area contributed by atoms with Crippen LogP contribution >= 0.6 is 11.6 Å². The molecular weight excluding hydrogens is 362 g/mol. The molecule has 0 unspecified atom stereocenters.